The van der Waals surface area contributed by atoms with Crippen LogP contribution in [0, 0.1) is 0 Å². The van der Waals surface area contributed by atoms with E-state index in [-0.39, 0.29) is 5.91 Å². The molecule has 0 aliphatic rings. The van der Waals surface area contributed by atoms with Gasteiger partial charge in [0.1, 0.15) is 0 Å². The second kappa shape index (κ2) is 7.15. The highest BCUT2D eigenvalue weighted by atomic mass is 32.1. The van der Waals surface area contributed by atoms with E-state index in [4.69, 9.17) is 0 Å². The second-order valence-electron chi connectivity index (χ2n) is 4.46. The molecule has 0 aliphatic heterocycles. The molecule has 1 N–H and O–H groups in total. The summed E-state index contributed by atoms with van der Waals surface area (Å²) in [5.74, 6) is -0.0871. The van der Waals surface area contributed by atoms with Gasteiger partial charge in [-0.1, -0.05) is 6.07 Å². The second-order valence-corrected chi connectivity index (χ2v) is 6.28. The lowest BCUT2D eigenvalue weighted by atomic mass is 10.3. The Labute approximate surface area is 135 Å². The van der Waals surface area contributed by atoms with E-state index in [2.05, 4.69) is 15.4 Å². The highest BCUT2D eigenvalue weighted by molar-refractivity contribution is 7.12. The fourth-order valence-electron chi connectivity index (χ4n) is 1.81. The molecule has 3 aromatic heterocycles. The number of carbonyl (C=O) groups is 1. The van der Waals surface area contributed by atoms with Crippen LogP contribution in [-0.2, 0) is 11.2 Å². The van der Waals surface area contributed by atoms with Crippen molar-refractivity contribution in [2.24, 2.45) is 0 Å². The van der Waals surface area contributed by atoms with Crippen LogP contribution in [0.1, 0.15) is 10.6 Å². The van der Waals surface area contributed by atoms with Gasteiger partial charge in [0.25, 0.3) is 0 Å². The molecule has 22 heavy (non-hydrogen) atoms. The molecule has 7 heteroatoms. The van der Waals surface area contributed by atoms with Gasteiger partial charge in [-0.05, 0) is 23.6 Å². The summed E-state index contributed by atoms with van der Waals surface area (Å²) in [6.45, 7) is 0.565. The average Bonchev–Trinajstić information content (AvgIpc) is 3.26. The third-order valence-electron chi connectivity index (χ3n) is 2.86. The minimum atomic E-state index is -0.0871. The Balaban J connectivity index is 1.46. The van der Waals surface area contributed by atoms with E-state index in [1.807, 2.05) is 41.2 Å². The van der Waals surface area contributed by atoms with E-state index >= 15 is 0 Å². The fraction of sp³-hybridized carbons (Fsp3) is 0.133. The van der Waals surface area contributed by atoms with Crippen LogP contribution in [0.2, 0.25) is 0 Å². The SMILES string of the molecule is O=C(/C=C/c1cccs1)NCCc1csc(-n2cccn2)n1. The molecule has 0 unspecified atom stereocenters. The third kappa shape index (κ3) is 3.90. The molecule has 1 amide bonds. The maximum absolute atomic E-state index is 11.7. The number of thiophene rings is 1. The number of amides is 1. The van der Waals surface area contributed by atoms with Crippen LogP contribution in [0.5, 0.6) is 0 Å². The molecule has 0 bridgehead atoms. The molecule has 0 aromatic carbocycles. The van der Waals surface area contributed by atoms with Crippen molar-refractivity contribution in [3.8, 4) is 5.13 Å². The van der Waals surface area contributed by atoms with Crippen LogP contribution in [0.15, 0.2) is 47.4 Å². The first kappa shape index (κ1) is 14.7. The van der Waals surface area contributed by atoms with Crippen LogP contribution in [0.25, 0.3) is 11.2 Å². The molecule has 3 aromatic rings. The molecule has 0 spiro atoms. The molecular weight excluding hydrogens is 316 g/mol. The molecular formula is C15H14N4OS2. The van der Waals surface area contributed by atoms with Crippen molar-refractivity contribution in [2.75, 3.05) is 6.54 Å². The number of thiazole rings is 1. The molecule has 5 nitrogen and oxygen atoms in total. The first-order valence-electron chi connectivity index (χ1n) is 6.75. The van der Waals surface area contributed by atoms with Gasteiger partial charge in [0, 0.05) is 41.7 Å². The molecule has 112 valence electrons. The van der Waals surface area contributed by atoms with Crippen molar-refractivity contribution in [3.63, 3.8) is 0 Å². The smallest absolute Gasteiger partial charge is 0.244 e. The normalized spacial score (nSPS) is 11.1. The van der Waals surface area contributed by atoms with Crippen molar-refractivity contribution in [1.82, 2.24) is 20.1 Å². The zero-order valence-electron chi connectivity index (χ0n) is 11.7. The fourth-order valence-corrected chi connectivity index (χ4v) is 3.23. The van der Waals surface area contributed by atoms with Crippen LogP contribution >= 0.6 is 22.7 Å². The predicted molar refractivity (Wildman–Crippen MR) is 89.3 cm³/mol. The van der Waals surface area contributed by atoms with E-state index < -0.39 is 0 Å². The first-order chi connectivity index (χ1) is 10.8. The van der Waals surface area contributed by atoms with Crippen molar-refractivity contribution in [3.05, 3.63) is 58.0 Å². The molecule has 3 rings (SSSR count). The van der Waals surface area contributed by atoms with Crippen LogP contribution in [-0.4, -0.2) is 27.2 Å². The first-order valence-corrected chi connectivity index (χ1v) is 8.51. The average molecular weight is 330 g/mol. The quantitative estimate of drug-likeness (QED) is 0.707. The Kier molecular flexibility index (Phi) is 4.77. The summed E-state index contributed by atoms with van der Waals surface area (Å²) in [6.07, 6.45) is 7.66. The third-order valence-corrected chi connectivity index (χ3v) is 4.58. The standard InChI is InChI=1S/C15H14N4OS2/c20-14(5-4-13-3-1-10-21-13)16-8-6-12-11-22-15(18-12)19-9-2-7-17-19/h1-5,7,9-11H,6,8H2,(H,16,20)/b5-4+. The zero-order valence-corrected chi connectivity index (χ0v) is 13.3. The number of rotatable bonds is 6. The maximum atomic E-state index is 11.7. The molecule has 0 fully saturated rings. The van der Waals surface area contributed by atoms with Crippen molar-refractivity contribution in [1.29, 1.82) is 0 Å². The minimum absolute atomic E-state index is 0.0871. The number of hydrogen-bond donors (Lipinski definition) is 1. The number of nitrogens with zero attached hydrogens (tertiary/aromatic N) is 3. The Morgan fingerprint density at radius 3 is 3.09 bits per heavy atom. The molecule has 0 atom stereocenters. The summed E-state index contributed by atoms with van der Waals surface area (Å²) in [4.78, 5) is 17.3. The Morgan fingerprint density at radius 1 is 1.36 bits per heavy atom. The number of aromatic nitrogens is 3. The molecule has 0 saturated heterocycles. The summed E-state index contributed by atoms with van der Waals surface area (Å²) >= 11 is 3.14. The Bertz CT molecular complexity index is 744. The predicted octanol–water partition coefficient (Wildman–Crippen LogP) is 2.76. The van der Waals surface area contributed by atoms with Gasteiger partial charge in [-0.15, -0.1) is 22.7 Å². The van der Waals surface area contributed by atoms with Crippen molar-refractivity contribution >= 4 is 34.7 Å². The summed E-state index contributed by atoms with van der Waals surface area (Å²) in [5.41, 5.74) is 0.957. The van der Waals surface area contributed by atoms with Gasteiger partial charge in [0.2, 0.25) is 11.0 Å². The highest BCUT2D eigenvalue weighted by Gasteiger charge is 2.04. The van der Waals surface area contributed by atoms with E-state index in [1.54, 1.807) is 28.3 Å². The number of carbonyl (C=O) groups excluding carboxylic acids is 1. The van der Waals surface area contributed by atoms with Crippen LogP contribution in [0.3, 0.4) is 0 Å². The van der Waals surface area contributed by atoms with Crippen LogP contribution in [0.4, 0.5) is 0 Å². The van der Waals surface area contributed by atoms with E-state index in [0.29, 0.717) is 13.0 Å². The van der Waals surface area contributed by atoms with Crippen molar-refractivity contribution in [2.45, 2.75) is 6.42 Å². The van der Waals surface area contributed by atoms with E-state index in [9.17, 15) is 4.79 Å². The lowest BCUT2D eigenvalue weighted by molar-refractivity contribution is -0.116. The topological polar surface area (TPSA) is 59.8 Å². The Hall–Kier alpha value is -2.25. The largest absolute Gasteiger partial charge is 0.352 e. The van der Waals surface area contributed by atoms with Gasteiger partial charge in [-0.3, -0.25) is 4.79 Å². The van der Waals surface area contributed by atoms with Gasteiger partial charge in [0.05, 0.1) is 5.69 Å². The summed E-state index contributed by atoms with van der Waals surface area (Å²) in [5, 5.41) is 11.8. The van der Waals surface area contributed by atoms with Gasteiger partial charge < -0.3 is 5.32 Å². The van der Waals surface area contributed by atoms with E-state index in [0.717, 1.165) is 15.7 Å². The molecule has 3 heterocycles. The van der Waals surface area contributed by atoms with Gasteiger partial charge in [-0.25, -0.2) is 9.67 Å². The maximum Gasteiger partial charge on any atom is 0.244 e. The lowest BCUT2D eigenvalue weighted by Gasteiger charge is -1.99. The highest BCUT2D eigenvalue weighted by Crippen LogP contribution is 2.14. The summed E-state index contributed by atoms with van der Waals surface area (Å²) < 4.78 is 1.73. The molecule has 0 saturated carbocycles. The lowest BCUT2D eigenvalue weighted by Crippen LogP contribution is -2.23. The number of nitrogens with one attached hydrogen (secondary N) is 1. The summed E-state index contributed by atoms with van der Waals surface area (Å²) in [7, 11) is 0. The van der Waals surface area contributed by atoms with Crippen LogP contribution < -0.4 is 5.32 Å². The van der Waals surface area contributed by atoms with E-state index in [1.165, 1.54) is 11.3 Å². The van der Waals surface area contributed by atoms with Gasteiger partial charge in [-0.2, -0.15) is 5.10 Å². The zero-order chi connectivity index (χ0) is 15.2. The monoisotopic (exact) mass is 330 g/mol. The van der Waals surface area contributed by atoms with Gasteiger partial charge in [0.15, 0.2) is 0 Å². The van der Waals surface area contributed by atoms with Gasteiger partial charge >= 0.3 is 0 Å². The number of hydrogen-bond acceptors (Lipinski definition) is 5. The minimum Gasteiger partial charge on any atom is -0.352 e. The molecule has 0 radical (unpaired) electrons. The summed E-state index contributed by atoms with van der Waals surface area (Å²) in [6, 6.07) is 5.80. The Morgan fingerprint density at radius 2 is 2.32 bits per heavy atom. The molecule has 0 aliphatic carbocycles. The van der Waals surface area contributed by atoms with Crippen molar-refractivity contribution < 1.29 is 4.79 Å².